The smallest absolute Gasteiger partial charge is 0.261 e. The molecule has 0 fully saturated rings. The highest BCUT2D eigenvalue weighted by molar-refractivity contribution is 6.21. The molecule has 3 rings (SSSR count). The summed E-state index contributed by atoms with van der Waals surface area (Å²) in [5.41, 5.74) is 4.27. The Kier molecular flexibility index (Phi) is 5.40. The van der Waals surface area contributed by atoms with Crippen molar-refractivity contribution in [3.8, 4) is 0 Å². The van der Waals surface area contributed by atoms with Gasteiger partial charge in [-0.1, -0.05) is 35.9 Å². The van der Waals surface area contributed by atoms with Gasteiger partial charge in [-0.2, -0.15) is 0 Å². The first-order valence-electron chi connectivity index (χ1n) is 9.20. The number of aryl methyl sites for hydroxylation is 2. The molecule has 0 spiro atoms. The van der Waals surface area contributed by atoms with E-state index in [2.05, 4.69) is 23.5 Å². The predicted octanol–water partition coefficient (Wildman–Crippen LogP) is 3.56. The van der Waals surface area contributed by atoms with Gasteiger partial charge in [0.05, 0.1) is 17.2 Å². The number of carbonyl (C=O) groups excluding carboxylic acids is 3. The van der Waals surface area contributed by atoms with E-state index in [1.807, 2.05) is 20.8 Å². The Labute approximate surface area is 159 Å². The van der Waals surface area contributed by atoms with E-state index in [4.69, 9.17) is 0 Å². The number of hydrogen-bond donors (Lipinski definition) is 1. The normalized spacial score (nSPS) is 14.3. The third kappa shape index (κ3) is 3.92. The third-order valence-electron chi connectivity index (χ3n) is 4.94. The van der Waals surface area contributed by atoms with Gasteiger partial charge in [0.15, 0.2) is 0 Å². The van der Waals surface area contributed by atoms with E-state index < -0.39 is 0 Å². The predicted molar refractivity (Wildman–Crippen MR) is 104 cm³/mol. The van der Waals surface area contributed by atoms with E-state index in [9.17, 15) is 14.4 Å². The maximum Gasteiger partial charge on any atom is 0.261 e. The van der Waals surface area contributed by atoms with E-state index in [-0.39, 0.29) is 36.7 Å². The van der Waals surface area contributed by atoms with E-state index >= 15 is 0 Å². The molecule has 0 unspecified atom stereocenters. The number of imide groups is 1. The molecule has 2 aromatic carbocycles. The van der Waals surface area contributed by atoms with Crippen LogP contribution in [0.5, 0.6) is 0 Å². The summed E-state index contributed by atoms with van der Waals surface area (Å²) in [7, 11) is 0. The molecule has 0 radical (unpaired) electrons. The maximum atomic E-state index is 12.3. The minimum Gasteiger partial charge on any atom is -0.350 e. The van der Waals surface area contributed by atoms with E-state index in [0.717, 1.165) is 16.7 Å². The lowest BCUT2D eigenvalue weighted by Crippen LogP contribution is -2.32. The minimum absolute atomic E-state index is 0.0833. The molecule has 1 atom stereocenters. The second-order valence-corrected chi connectivity index (χ2v) is 7.06. The van der Waals surface area contributed by atoms with Crippen molar-refractivity contribution in [1.29, 1.82) is 0 Å². The summed E-state index contributed by atoms with van der Waals surface area (Å²) in [5, 5.41) is 3.00. The Morgan fingerprint density at radius 1 is 1.04 bits per heavy atom. The van der Waals surface area contributed by atoms with Crippen LogP contribution in [0, 0.1) is 13.8 Å². The molecule has 0 aromatic heterocycles. The largest absolute Gasteiger partial charge is 0.350 e. The van der Waals surface area contributed by atoms with Crippen molar-refractivity contribution < 1.29 is 14.4 Å². The highest BCUT2D eigenvalue weighted by Crippen LogP contribution is 2.23. The summed E-state index contributed by atoms with van der Waals surface area (Å²) in [4.78, 5) is 38.1. The molecule has 0 aliphatic carbocycles. The van der Waals surface area contributed by atoms with Crippen molar-refractivity contribution in [1.82, 2.24) is 10.2 Å². The Balaban J connectivity index is 1.52. The molecule has 27 heavy (non-hydrogen) atoms. The molecule has 140 valence electrons. The first-order valence-corrected chi connectivity index (χ1v) is 9.20. The molecular formula is C22H24N2O3. The quantitative estimate of drug-likeness (QED) is 0.797. The lowest BCUT2D eigenvalue weighted by atomic mass is 10.00. The van der Waals surface area contributed by atoms with Gasteiger partial charge in [-0.05, 0) is 50.5 Å². The maximum absolute atomic E-state index is 12.3. The topological polar surface area (TPSA) is 66.5 Å². The van der Waals surface area contributed by atoms with Crippen LogP contribution in [0.25, 0.3) is 0 Å². The van der Waals surface area contributed by atoms with Crippen molar-refractivity contribution >= 4 is 17.7 Å². The number of benzene rings is 2. The van der Waals surface area contributed by atoms with Crippen molar-refractivity contribution in [2.75, 3.05) is 6.54 Å². The summed E-state index contributed by atoms with van der Waals surface area (Å²) >= 11 is 0. The second kappa shape index (κ2) is 7.74. The van der Waals surface area contributed by atoms with Crippen molar-refractivity contribution in [3.63, 3.8) is 0 Å². The fourth-order valence-electron chi connectivity index (χ4n) is 3.46. The number of nitrogens with zero attached hydrogens (tertiary/aromatic N) is 1. The van der Waals surface area contributed by atoms with Crippen LogP contribution in [0.1, 0.15) is 63.2 Å². The molecule has 2 aromatic rings. The average Bonchev–Trinajstić information content (AvgIpc) is 2.89. The second-order valence-electron chi connectivity index (χ2n) is 7.06. The molecule has 1 aliphatic heterocycles. The third-order valence-corrected chi connectivity index (χ3v) is 4.94. The zero-order chi connectivity index (χ0) is 19.6. The Morgan fingerprint density at radius 2 is 1.67 bits per heavy atom. The Morgan fingerprint density at radius 3 is 2.30 bits per heavy atom. The number of carbonyl (C=O) groups is 3. The van der Waals surface area contributed by atoms with Gasteiger partial charge in [0.2, 0.25) is 5.91 Å². The minimum atomic E-state index is -0.278. The molecule has 5 nitrogen and oxygen atoms in total. The monoisotopic (exact) mass is 364 g/mol. The van der Waals surface area contributed by atoms with Gasteiger partial charge in [-0.15, -0.1) is 0 Å². The first-order chi connectivity index (χ1) is 12.9. The van der Waals surface area contributed by atoms with Gasteiger partial charge >= 0.3 is 0 Å². The molecule has 0 bridgehead atoms. The molecule has 1 N–H and O–H groups in total. The summed E-state index contributed by atoms with van der Waals surface area (Å²) in [6, 6.07) is 12.9. The lowest BCUT2D eigenvalue weighted by Gasteiger charge is -2.18. The number of nitrogens with one attached hydrogen (secondary N) is 1. The Hall–Kier alpha value is -2.95. The van der Waals surface area contributed by atoms with Crippen molar-refractivity contribution in [2.24, 2.45) is 0 Å². The number of fused-ring (bicyclic) bond motifs is 1. The van der Waals surface area contributed by atoms with Gasteiger partial charge in [-0.25, -0.2) is 0 Å². The summed E-state index contributed by atoms with van der Waals surface area (Å²) in [6.45, 7) is 6.26. The zero-order valence-corrected chi connectivity index (χ0v) is 15.9. The number of hydrogen-bond acceptors (Lipinski definition) is 3. The molecule has 1 heterocycles. The van der Waals surface area contributed by atoms with Gasteiger partial charge in [0.1, 0.15) is 0 Å². The van der Waals surface area contributed by atoms with E-state index in [1.54, 1.807) is 24.3 Å². The van der Waals surface area contributed by atoms with Gasteiger partial charge in [0.25, 0.3) is 11.8 Å². The summed E-state index contributed by atoms with van der Waals surface area (Å²) < 4.78 is 0. The van der Waals surface area contributed by atoms with Crippen molar-refractivity contribution in [3.05, 3.63) is 70.3 Å². The van der Waals surface area contributed by atoms with Crippen LogP contribution in [-0.2, 0) is 4.79 Å². The lowest BCUT2D eigenvalue weighted by molar-refractivity contribution is -0.121. The van der Waals surface area contributed by atoms with Crippen LogP contribution in [0.15, 0.2) is 42.5 Å². The first kappa shape index (κ1) is 18.8. The number of rotatable bonds is 6. The highest BCUT2D eigenvalue weighted by atomic mass is 16.2. The molecular weight excluding hydrogens is 340 g/mol. The fraction of sp³-hybridized carbons (Fsp3) is 0.318. The standard InChI is InChI=1S/C22H24N2O3/c1-14-10-11-15(2)19(13-14)16(3)23-20(25)9-6-12-24-21(26)17-7-4-5-8-18(17)22(24)27/h4-5,7-8,10-11,13,16H,6,9,12H2,1-3H3,(H,23,25)/t16-/m1/s1. The van der Waals surface area contributed by atoms with Crippen LogP contribution >= 0.6 is 0 Å². The van der Waals surface area contributed by atoms with Crippen LogP contribution in [0.2, 0.25) is 0 Å². The van der Waals surface area contributed by atoms with Crippen LogP contribution in [0.3, 0.4) is 0 Å². The SMILES string of the molecule is Cc1ccc(C)c([C@@H](C)NC(=O)CCCN2C(=O)c3ccccc3C2=O)c1. The van der Waals surface area contributed by atoms with Gasteiger partial charge in [-0.3, -0.25) is 19.3 Å². The Bertz CT molecular complexity index is 869. The average molecular weight is 364 g/mol. The molecule has 0 saturated carbocycles. The van der Waals surface area contributed by atoms with E-state index in [0.29, 0.717) is 17.5 Å². The van der Waals surface area contributed by atoms with Crippen LogP contribution in [-0.4, -0.2) is 29.2 Å². The molecule has 5 heteroatoms. The highest BCUT2D eigenvalue weighted by Gasteiger charge is 2.34. The van der Waals surface area contributed by atoms with Crippen LogP contribution < -0.4 is 5.32 Å². The summed E-state index contributed by atoms with van der Waals surface area (Å²) in [5.74, 6) is -0.639. The molecule has 1 aliphatic rings. The van der Waals surface area contributed by atoms with Crippen molar-refractivity contribution in [2.45, 2.75) is 39.7 Å². The van der Waals surface area contributed by atoms with Gasteiger partial charge < -0.3 is 5.32 Å². The molecule has 3 amide bonds. The van der Waals surface area contributed by atoms with Crippen LogP contribution in [0.4, 0.5) is 0 Å². The number of amides is 3. The summed E-state index contributed by atoms with van der Waals surface area (Å²) in [6.07, 6.45) is 0.708. The van der Waals surface area contributed by atoms with Gasteiger partial charge in [0, 0.05) is 13.0 Å². The zero-order valence-electron chi connectivity index (χ0n) is 15.9. The van der Waals surface area contributed by atoms with E-state index in [1.165, 1.54) is 4.90 Å². The molecule has 0 saturated heterocycles. The fourth-order valence-corrected chi connectivity index (χ4v) is 3.46.